The second-order valence-electron chi connectivity index (χ2n) is 5.36. The first-order valence-corrected chi connectivity index (χ1v) is 8.22. The van der Waals surface area contributed by atoms with E-state index in [1.54, 1.807) is 18.2 Å². The topological polar surface area (TPSA) is 80.7 Å². The summed E-state index contributed by atoms with van der Waals surface area (Å²) in [7, 11) is 0. The second-order valence-corrected chi connectivity index (χ2v) is 6.27. The van der Waals surface area contributed by atoms with Gasteiger partial charge in [-0.1, -0.05) is 22.0 Å². The third-order valence-corrected chi connectivity index (χ3v) is 4.00. The normalized spacial score (nSPS) is 11.0. The summed E-state index contributed by atoms with van der Waals surface area (Å²) in [4.78, 5) is 10.8. The Kier molecular flexibility index (Phi) is 4.95. The van der Waals surface area contributed by atoms with Gasteiger partial charge in [-0.3, -0.25) is 15.5 Å². The molecular weight excluding hydrogens is 386 g/mol. The number of halogens is 1. The standard InChI is InChI=1S/C18H14BrN3O3/c1-12-2-8-16(17(10-12)22(23)24)18-9-7-15(25-18)11-20-21-14-5-3-13(19)4-6-14/h2-11,21H,1H3/b20-11-. The Bertz CT molecular complexity index is 933. The molecule has 1 N–H and O–H groups in total. The summed E-state index contributed by atoms with van der Waals surface area (Å²) in [6.07, 6.45) is 1.52. The summed E-state index contributed by atoms with van der Waals surface area (Å²) in [6, 6.07) is 16.0. The van der Waals surface area contributed by atoms with Crippen LogP contribution in [0.15, 0.2) is 68.6 Å². The van der Waals surface area contributed by atoms with Gasteiger partial charge in [-0.05, 0) is 55.0 Å². The average Bonchev–Trinajstić information content (AvgIpc) is 3.05. The van der Waals surface area contributed by atoms with Gasteiger partial charge in [0.25, 0.3) is 5.69 Å². The van der Waals surface area contributed by atoms with Gasteiger partial charge in [-0.25, -0.2) is 0 Å². The highest BCUT2D eigenvalue weighted by molar-refractivity contribution is 9.10. The van der Waals surface area contributed by atoms with Crippen molar-refractivity contribution in [2.75, 3.05) is 5.43 Å². The van der Waals surface area contributed by atoms with E-state index in [-0.39, 0.29) is 5.69 Å². The van der Waals surface area contributed by atoms with Crippen molar-refractivity contribution in [2.24, 2.45) is 5.10 Å². The molecule has 0 saturated carbocycles. The lowest BCUT2D eigenvalue weighted by Crippen LogP contribution is -1.92. The third kappa shape index (κ3) is 4.13. The monoisotopic (exact) mass is 399 g/mol. The Balaban J connectivity index is 1.77. The smallest absolute Gasteiger partial charge is 0.280 e. The predicted molar refractivity (Wildman–Crippen MR) is 101 cm³/mol. The van der Waals surface area contributed by atoms with Crippen LogP contribution < -0.4 is 5.43 Å². The highest BCUT2D eigenvalue weighted by Crippen LogP contribution is 2.31. The van der Waals surface area contributed by atoms with Gasteiger partial charge in [0.1, 0.15) is 11.5 Å². The Morgan fingerprint density at radius 1 is 1.16 bits per heavy atom. The van der Waals surface area contributed by atoms with Gasteiger partial charge in [-0.15, -0.1) is 0 Å². The number of hydrogen-bond donors (Lipinski definition) is 1. The fourth-order valence-electron chi connectivity index (χ4n) is 2.26. The van der Waals surface area contributed by atoms with Crippen molar-refractivity contribution in [1.82, 2.24) is 0 Å². The maximum absolute atomic E-state index is 11.2. The van der Waals surface area contributed by atoms with E-state index < -0.39 is 4.92 Å². The van der Waals surface area contributed by atoms with Crippen LogP contribution in [0.3, 0.4) is 0 Å². The van der Waals surface area contributed by atoms with Crippen molar-refractivity contribution in [3.05, 3.63) is 80.5 Å². The van der Waals surface area contributed by atoms with E-state index in [9.17, 15) is 10.1 Å². The number of nitro groups is 1. The van der Waals surface area contributed by atoms with E-state index in [0.29, 0.717) is 17.1 Å². The molecule has 0 aliphatic carbocycles. The van der Waals surface area contributed by atoms with Gasteiger partial charge in [0, 0.05) is 10.5 Å². The molecule has 6 nitrogen and oxygen atoms in total. The van der Waals surface area contributed by atoms with E-state index in [0.717, 1.165) is 15.7 Å². The number of benzene rings is 2. The lowest BCUT2D eigenvalue weighted by molar-refractivity contribution is -0.384. The van der Waals surface area contributed by atoms with Gasteiger partial charge in [0.15, 0.2) is 0 Å². The molecular formula is C18H14BrN3O3. The first kappa shape index (κ1) is 16.9. The number of nitrogens with zero attached hydrogens (tertiary/aromatic N) is 2. The van der Waals surface area contributed by atoms with Crippen molar-refractivity contribution in [3.8, 4) is 11.3 Å². The van der Waals surface area contributed by atoms with E-state index in [1.165, 1.54) is 12.3 Å². The minimum absolute atomic E-state index is 0.0193. The van der Waals surface area contributed by atoms with Gasteiger partial charge < -0.3 is 4.42 Å². The van der Waals surface area contributed by atoms with Crippen LogP contribution in [0.1, 0.15) is 11.3 Å². The van der Waals surface area contributed by atoms with Crippen molar-refractivity contribution in [2.45, 2.75) is 6.92 Å². The van der Waals surface area contributed by atoms with Crippen LogP contribution in [0, 0.1) is 17.0 Å². The third-order valence-electron chi connectivity index (χ3n) is 3.47. The highest BCUT2D eigenvalue weighted by atomic mass is 79.9. The number of nitrogens with one attached hydrogen (secondary N) is 1. The molecule has 1 heterocycles. The average molecular weight is 400 g/mol. The molecule has 0 bridgehead atoms. The number of hydrazone groups is 1. The summed E-state index contributed by atoms with van der Waals surface area (Å²) < 4.78 is 6.64. The van der Waals surface area contributed by atoms with Gasteiger partial charge in [-0.2, -0.15) is 5.10 Å². The summed E-state index contributed by atoms with van der Waals surface area (Å²) in [5.74, 6) is 0.922. The Morgan fingerprint density at radius 3 is 2.64 bits per heavy atom. The summed E-state index contributed by atoms with van der Waals surface area (Å²) in [6.45, 7) is 1.81. The number of rotatable bonds is 5. The molecule has 126 valence electrons. The van der Waals surface area contributed by atoms with Crippen molar-refractivity contribution >= 4 is 33.5 Å². The number of aryl methyl sites for hydroxylation is 1. The molecule has 0 atom stereocenters. The van der Waals surface area contributed by atoms with Gasteiger partial charge in [0.2, 0.25) is 0 Å². The molecule has 0 saturated heterocycles. The summed E-state index contributed by atoms with van der Waals surface area (Å²) in [5.41, 5.74) is 5.00. The van der Waals surface area contributed by atoms with E-state index in [4.69, 9.17) is 4.42 Å². The SMILES string of the molecule is Cc1ccc(-c2ccc(/C=N\Nc3ccc(Br)cc3)o2)c([N+](=O)[O-])c1. The first-order chi connectivity index (χ1) is 12.0. The zero-order valence-corrected chi connectivity index (χ0v) is 14.9. The molecule has 0 spiro atoms. The summed E-state index contributed by atoms with van der Waals surface area (Å²) >= 11 is 3.37. The Morgan fingerprint density at radius 2 is 1.92 bits per heavy atom. The minimum Gasteiger partial charge on any atom is -0.455 e. The Labute approximate surface area is 152 Å². The molecule has 1 aromatic heterocycles. The fourth-order valence-corrected chi connectivity index (χ4v) is 2.53. The van der Waals surface area contributed by atoms with E-state index in [1.807, 2.05) is 37.3 Å². The molecule has 7 heteroatoms. The lowest BCUT2D eigenvalue weighted by Gasteiger charge is -2.01. The van der Waals surface area contributed by atoms with Crippen molar-refractivity contribution in [1.29, 1.82) is 0 Å². The first-order valence-electron chi connectivity index (χ1n) is 7.43. The number of nitro benzene ring substituents is 1. The van der Waals surface area contributed by atoms with E-state index >= 15 is 0 Å². The highest BCUT2D eigenvalue weighted by Gasteiger charge is 2.17. The van der Waals surface area contributed by atoms with Crippen LogP contribution in [0.4, 0.5) is 11.4 Å². The van der Waals surface area contributed by atoms with Crippen LogP contribution in [0.5, 0.6) is 0 Å². The minimum atomic E-state index is -0.409. The quantitative estimate of drug-likeness (QED) is 0.355. The zero-order valence-electron chi connectivity index (χ0n) is 13.3. The van der Waals surface area contributed by atoms with Gasteiger partial charge >= 0.3 is 0 Å². The zero-order chi connectivity index (χ0) is 17.8. The van der Waals surface area contributed by atoms with Crippen LogP contribution in [-0.4, -0.2) is 11.1 Å². The maximum Gasteiger partial charge on any atom is 0.280 e. The molecule has 0 amide bonds. The summed E-state index contributed by atoms with van der Waals surface area (Å²) in [5, 5.41) is 15.3. The number of furan rings is 1. The molecule has 3 aromatic rings. The Hall–Kier alpha value is -2.93. The molecule has 25 heavy (non-hydrogen) atoms. The number of anilines is 1. The maximum atomic E-state index is 11.2. The molecule has 0 aliphatic heterocycles. The van der Waals surface area contributed by atoms with Gasteiger partial charge in [0.05, 0.1) is 22.4 Å². The van der Waals surface area contributed by atoms with Crippen LogP contribution in [0.2, 0.25) is 0 Å². The van der Waals surface area contributed by atoms with Crippen LogP contribution in [-0.2, 0) is 0 Å². The van der Waals surface area contributed by atoms with Crippen molar-refractivity contribution < 1.29 is 9.34 Å². The largest absolute Gasteiger partial charge is 0.455 e. The van der Waals surface area contributed by atoms with Crippen molar-refractivity contribution in [3.63, 3.8) is 0 Å². The van der Waals surface area contributed by atoms with Crippen LogP contribution >= 0.6 is 15.9 Å². The lowest BCUT2D eigenvalue weighted by atomic mass is 10.1. The van der Waals surface area contributed by atoms with E-state index in [2.05, 4.69) is 26.5 Å². The molecule has 0 fully saturated rings. The second kappa shape index (κ2) is 7.31. The number of hydrogen-bond acceptors (Lipinski definition) is 5. The molecule has 0 unspecified atom stereocenters. The van der Waals surface area contributed by atoms with Crippen LogP contribution in [0.25, 0.3) is 11.3 Å². The molecule has 3 rings (SSSR count). The molecule has 0 aliphatic rings. The molecule has 0 radical (unpaired) electrons. The molecule has 2 aromatic carbocycles. The predicted octanol–water partition coefficient (Wildman–Crippen LogP) is 5.37. The fraction of sp³-hybridized carbons (Fsp3) is 0.0556.